The molecule has 0 spiro atoms. The minimum atomic E-state index is -0.171. The lowest BCUT2D eigenvalue weighted by Gasteiger charge is -2.28. The number of ether oxygens (including phenoxy) is 1. The van der Waals surface area contributed by atoms with E-state index in [1.54, 1.807) is 6.07 Å². The van der Waals surface area contributed by atoms with Gasteiger partial charge in [-0.25, -0.2) is 4.39 Å². The second kappa shape index (κ2) is 5.99. The molecule has 3 nitrogen and oxygen atoms in total. The van der Waals surface area contributed by atoms with E-state index in [1.807, 2.05) is 12.1 Å². The summed E-state index contributed by atoms with van der Waals surface area (Å²) in [4.78, 5) is 0. The topological polar surface area (TPSA) is 47.3 Å². The molecule has 1 heterocycles. The number of hydrogen-bond acceptors (Lipinski definition) is 3. The molecule has 106 valence electrons. The van der Waals surface area contributed by atoms with Gasteiger partial charge in [-0.3, -0.25) is 11.3 Å². The number of hydrogen-bond donors (Lipinski definition) is 2. The molecule has 0 aromatic heterocycles. The van der Waals surface area contributed by atoms with Crippen LogP contribution in [0.2, 0.25) is 0 Å². The molecule has 0 bridgehead atoms. The van der Waals surface area contributed by atoms with E-state index in [-0.39, 0.29) is 24.1 Å². The Morgan fingerprint density at radius 1 is 1.26 bits per heavy atom. The summed E-state index contributed by atoms with van der Waals surface area (Å²) in [5.74, 6) is 6.22. The quantitative estimate of drug-likeness (QED) is 0.649. The lowest BCUT2D eigenvalue weighted by molar-refractivity contribution is 0.0475. The largest absolute Gasteiger partial charge is 0.375 e. The molecule has 1 fully saturated rings. The molecule has 4 heteroatoms. The number of benzene rings is 1. The van der Waals surface area contributed by atoms with E-state index in [9.17, 15) is 4.39 Å². The predicted molar refractivity (Wildman–Crippen MR) is 73.9 cm³/mol. The van der Waals surface area contributed by atoms with Crippen LogP contribution in [-0.2, 0) is 11.2 Å². The van der Waals surface area contributed by atoms with E-state index in [2.05, 4.69) is 26.2 Å². The van der Waals surface area contributed by atoms with Crippen molar-refractivity contribution in [3.05, 3.63) is 35.6 Å². The fourth-order valence-corrected chi connectivity index (χ4v) is 3.19. The Kier molecular flexibility index (Phi) is 4.55. The molecule has 1 aromatic rings. The van der Waals surface area contributed by atoms with Crippen LogP contribution >= 0.6 is 0 Å². The predicted octanol–water partition coefficient (Wildman–Crippen LogP) is 2.26. The van der Waals surface area contributed by atoms with E-state index in [0.29, 0.717) is 23.8 Å². The zero-order valence-electron chi connectivity index (χ0n) is 11.8. The molecule has 19 heavy (non-hydrogen) atoms. The lowest BCUT2D eigenvalue weighted by Crippen LogP contribution is -2.46. The van der Waals surface area contributed by atoms with Crippen LogP contribution in [0.1, 0.15) is 26.3 Å². The molecule has 5 atom stereocenters. The Hall–Kier alpha value is -0.970. The minimum absolute atomic E-state index is 0.0202. The van der Waals surface area contributed by atoms with Crippen LogP contribution in [0.4, 0.5) is 4.39 Å². The number of hydrazine groups is 1. The third kappa shape index (κ3) is 2.96. The van der Waals surface area contributed by atoms with Crippen molar-refractivity contribution in [1.29, 1.82) is 0 Å². The monoisotopic (exact) mass is 266 g/mol. The lowest BCUT2D eigenvalue weighted by atomic mass is 9.81. The van der Waals surface area contributed by atoms with Crippen molar-refractivity contribution in [2.75, 3.05) is 0 Å². The summed E-state index contributed by atoms with van der Waals surface area (Å²) in [5, 5.41) is 0. The van der Waals surface area contributed by atoms with Crippen LogP contribution in [0.3, 0.4) is 0 Å². The summed E-state index contributed by atoms with van der Waals surface area (Å²) in [7, 11) is 0. The van der Waals surface area contributed by atoms with Gasteiger partial charge in [-0.1, -0.05) is 25.1 Å². The highest BCUT2D eigenvalue weighted by Crippen LogP contribution is 2.35. The van der Waals surface area contributed by atoms with Gasteiger partial charge in [-0.2, -0.15) is 0 Å². The van der Waals surface area contributed by atoms with Gasteiger partial charge in [0.1, 0.15) is 5.82 Å². The first kappa shape index (κ1) is 14.4. The van der Waals surface area contributed by atoms with Crippen LogP contribution in [0.25, 0.3) is 0 Å². The average Bonchev–Trinajstić information content (AvgIpc) is 2.63. The molecule has 1 aliphatic heterocycles. The maximum atomic E-state index is 13.7. The summed E-state index contributed by atoms with van der Waals surface area (Å²) < 4.78 is 19.6. The summed E-state index contributed by atoms with van der Waals surface area (Å²) in [6.45, 7) is 6.32. The van der Waals surface area contributed by atoms with Crippen molar-refractivity contribution in [3.63, 3.8) is 0 Å². The van der Waals surface area contributed by atoms with Gasteiger partial charge in [0.2, 0.25) is 0 Å². The van der Waals surface area contributed by atoms with Gasteiger partial charge in [0, 0.05) is 12.0 Å². The Bertz CT molecular complexity index is 426. The second-order valence-corrected chi connectivity index (χ2v) is 5.55. The van der Waals surface area contributed by atoms with Crippen LogP contribution < -0.4 is 11.3 Å². The third-order valence-electron chi connectivity index (χ3n) is 4.40. The first-order valence-corrected chi connectivity index (χ1v) is 6.89. The molecule has 2 rings (SSSR count). The Morgan fingerprint density at radius 3 is 2.47 bits per heavy atom. The molecule has 0 saturated carbocycles. The van der Waals surface area contributed by atoms with E-state index in [0.717, 1.165) is 0 Å². The summed E-state index contributed by atoms with van der Waals surface area (Å²) >= 11 is 0. The Morgan fingerprint density at radius 2 is 1.95 bits per heavy atom. The smallest absolute Gasteiger partial charge is 0.126 e. The number of rotatable bonds is 4. The molecule has 1 aliphatic rings. The minimum Gasteiger partial charge on any atom is -0.375 e. The summed E-state index contributed by atoms with van der Waals surface area (Å²) in [6, 6.07) is 6.88. The number of nitrogens with two attached hydrogens (primary N) is 1. The van der Waals surface area contributed by atoms with Gasteiger partial charge in [0.25, 0.3) is 0 Å². The Labute approximate surface area is 114 Å². The van der Waals surface area contributed by atoms with E-state index < -0.39 is 0 Å². The van der Waals surface area contributed by atoms with Gasteiger partial charge in [-0.15, -0.1) is 0 Å². The van der Waals surface area contributed by atoms with Crippen LogP contribution in [0, 0.1) is 17.7 Å². The van der Waals surface area contributed by atoms with Crippen molar-refractivity contribution in [3.8, 4) is 0 Å². The zero-order chi connectivity index (χ0) is 14.0. The van der Waals surface area contributed by atoms with E-state index >= 15 is 0 Å². The third-order valence-corrected chi connectivity index (χ3v) is 4.40. The molecular formula is C15H23FN2O. The molecule has 0 amide bonds. The van der Waals surface area contributed by atoms with Gasteiger partial charge in [0.05, 0.1) is 12.2 Å². The molecule has 0 aliphatic carbocycles. The van der Waals surface area contributed by atoms with Crippen molar-refractivity contribution in [1.82, 2.24) is 5.43 Å². The van der Waals surface area contributed by atoms with Crippen molar-refractivity contribution < 1.29 is 9.13 Å². The highest BCUT2D eigenvalue weighted by molar-refractivity contribution is 5.19. The van der Waals surface area contributed by atoms with Crippen LogP contribution in [0.5, 0.6) is 0 Å². The molecule has 1 aromatic carbocycles. The molecule has 5 unspecified atom stereocenters. The number of halogens is 1. The fraction of sp³-hybridized carbons (Fsp3) is 0.600. The normalized spacial score (nSPS) is 32.5. The molecule has 3 N–H and O–H groups in total. The van der Waals surface area contributed by atoms with Crippen molar-refractivity contribution >= 4 is 0 Å². The highest BCUT2D eigenvalue weighted by Gasteiger charge is 2.41. The fourth-order valence-electron chi connectivity index (χ4n) is 3.19. The Balaban J connectivity index is 2.15. The maximum absolute atomic E-state index is 13.7. The standard InChI is InChI=1S/C15H23FN2O/c1-9-10(2)19-11(3)15(9)14(18-17)8-12-6-4-5-7-13(12)16/h4-7,9-11,14-15,18H,8,17H2,1-3H3. The van der Waals surface area contributed by atoms with E-state index in [1.165, 1.54) is 6.07 Å². The highest BCUT2D eigenvalue weighted by atomic mass is 19.1. The second-order valence-electron chi connectivity index (χ2n) is 5.55. The first-order chi connectivity index (χ1) is 9.04. The SMILES string of the molecule is CC1OC(C)C(C(Cc2ccccc2F)NN)C1C. The van der Waals surface area contributed by atoms with Gasteiger partial charge in [0.15, 0.2) is 0 Å². The average molecular weight is 266 g/mol. The van der Waals surface area contributed by atoms with Crippen LogP contribution in [0.15, 0.2) is 24.3 Å². The molecule has 1 saturated heterocycles. The van der Waals surface area contributed by atoms with Crippen molar-refractivity contribution in [2.24, 2.45) is 17.7 Å². The van der Waals surface area contributed by atoms with Gasteiger partial charge >= 0.3 is 0 Å². The molecular weight excluding hydrogens is 243 g/mol. The summed E-state index contributed by atoms with van der Waals surface area (Å²) in [5.41, 5.74) is 3.55. The van der Waals surface area contributed by atoms with Gasteiger partial charge in [-0.05, 0) is 37.8 Å². The maximum Gasteiger partial charge on any atom is 0.126 e. The first-order valence-electron chi connectivity index (χ1n) is 6.89. The zero-order valence-corrected chi connectivity index (χ0v) is 11.8. The number of nitrogens with one attached hydrogen (secondary N) is 1. The summed E-state index contributed by atoms with van der Waals surface area (Å²) in [6.07, 6.45) is 0.938. The van der Waals surface area contributed by atoms with Gasteiger partial charge < -0.3 is 4.74 Å². The van der Waals surface area contributed by atoms with Crippen LogP contribution in [-0.4, -0.2) is 18.2 Å². The molecule has 0 radical (unpaired) electrons. The van der Waals surface area contributed by atoms with E-state index in [4.69, 9.17) is 10.6 Å². The van der Waals surface area contributed by atoms with Crippen molar-refractivity contribution in [2.45, 2.75) is 45.4 Å².